The molecule has 2 aromatic carbocycles. The van der Waals surface area contributed by atoms with Gasteiger partial charge in [0.2, 0.25) is 0 Å². The van der Waals surface area contributed by atoms with E-state index in [9.17, 15) is 10.2 Å². The van der Waals surface area contributed by atoms with Crippen LogP contribution in [0.15, 0.2) is 46.6 Å². The van der Waals surface area contributed by atoms with E-state index in [1.807, 2.05) is 50.1 Å². The minimum Gasteiger partial charge on any atom is -0.506 e. The van der Waals surface area contributed by atoms with Crippen molar-refractivity contribution in [1.29, 1.82) is 0 Å². The van der Waals surface area contributed by atoms with E-state index in [-0.39, 0.29) is 11.5 Å². The van der Waals surface area contributed by atoms with Gasteiger partial charge in [-0.1, -0.05) is 0 Å². The van der Waals surface area contributed by atoms with E-state index in [0.717, 1.165) is 11.4 Å². The van der Waals surface area contributed by atoms with Crippen molar-refractivity contribution < 1.29 is 10.2 Å². The van der Waals surface area contributed by atoms with Crippen LogP contribution in [0.5, 0.6) is 11.5 Å². The number of aromatic hydroxyl groups is 2. The van der Waals surface area contributed by atoms with E-state index >= 15 is 0 Å². The predicted molar refractivity (Wildman–Crippen MR) is 89.0 cm³/mol. The summed E-state index contributed by atoms with van der Waals surface area (Å²) >= 11 is 0. The number of phenols is 2. The number of hydrogen-bond acceptors (Lipinski definition) is 6. The van der Waals surface area contributed by atoms with Crippen LogP contribution >= 0.6 is 0 Å². The van der Waals surface area contributed by atoms with Crippen molar-refractivity contribution in [3.05, 3.63) is 36.4 Å². The van der Waals surface area contributed by atoms with Crippen molar-refractivity contribution >= 4 is 22.7 Å². The Kier molecular flexibility index (Phi) is 4.50. The number of azo groups is 1. The maximum absolute atomic E-state index is 9.95. The van der Waals surface area contributed by atoms with E-state index in [0.29, 0.717) is 11.4 Å². The molecule has 0 spiro atoms. The zero-order valence-corrected chi connectivity index (χ0v) is 13.1. The van der Waals surface area contributed by atoms with Crippen LogP contribution in [0.1, 0.15) is 0 Å². The Morgan fingerprint density at radius 2 is 1.05 bits per heavy atom. The zero-order valence-electron chi connectivity index (χ0n) is 13.1. The number of anilines is 2. The van der Waals surface area contributed by atoms with Crippen LogP contribution in [0, 0.1) is 0 Å². The normalized spacial score (nSPS) is 10.9. The number of hydrogen-bond donors (Lipinski definition) is 2. The van der Waals surface area contributed by atoms with E-state index in [1.54, 1.807) is 24.3 Å². The van der Waals surface area contributed by atoms with Crippen LogP contribution in [-0.4, -0.2) is 38.4 Å². The average molecular weight is 300 g/mol. The summed E-state index contributed by atoms with van der Waals surface area (Å²) in [7, 11) is 7.56. The first kappa shape index (κ1) is 15.6. The zero-order chi connectivity index (χ0) is 16.3. The second-order valence-electron chi connectivity index (χ2n) is 5.33. The molecule has 0 aliphatic rings. The maximum atomic E-state index is 9.95. The van der Waals surface area contributed by atoms with Crippen LogP contribution in [0.2, 0.25) is 0 Å². The van der Waals surface area contributed by atoms with Gasteiger partial charge in [0.1, 0.15) is 22.9 Å². The number of benzene rings is 2. The Labute approximate surface area is 130 Å². The largest absolute Gasteiger partial charge is 0.506 e. The van der Waals surface area contributed by atoms with Gasteiger partial charge in [-0.05, 0) is 24.3 Å². The molecule has 0 saturated heterocycles. The SMILES string of the molecule is CN(C)c1ccc(N=Nc2ccc(N(C)C)cc2O)c(O)c1. The van der Waals surface area contributed by atoms with Gasteiger partial charge in [0.15, 0.2) is 0 Å². The Bertz CT molecular complexity index is 637. The molecule has 0 saturated carbocycles. The molecule has 0 amide bonds. The monoisotopic (exact) mass is 300 g/mol. The van der Waals surface area contributed by atoms with Crippen LogP contribution < -0.4 is 9.80 Å². The molecule has 2 rings (SSSR count). The lowest BCUT2D eigenvalue weighted by Gasteiger charge is -2.13. The van der Waals surface area contributed by atoms with Crippen LogP contribution in [0.25, 0.3) is 0 Å². The summed E-state index contributed by atoms with van der Waals surface area (Å²) in [6, 6.07) is 10.3. The molecule has 0 fully saturated rings. The fourth-order valence-electron chi connectivity index (χ4n) is 1.86. The van der Waals surface area contributed by atoms with Crippen molar-refractivity contribution in [2.45, 2.75) is 0 Å². The number of rotatable bonds is 4. The molecule has 0 aliphatic heterocycles. The smallest absolute Gasteiger partial charge is 0.145 e. The van der Waals surface area contributed by atoms with Crippen molar-refractivity contribution in [2.24, 2.45) is 10.2 Å². The van der Waals surface area contributed by atoms with Crippen LogP contribution in [-0.2, 0) is 0 Å². The van der Waals surface area contributed by atoms with Gasteiger partial charge in [0, 0.05) is 51.7 Å². The highest BCUT2D eigenvalue weighted by molar-refractivity contribution is 5.63. The second-order valence-corrected chi connectivity index (χ2v) is 5.33. The standard InChI is InChI=1S/C16H20N4O2/c1-19(2)11-5-7-13(15(21)9-11)17-18-14-8-6-12(20(3)4)10-16(14)22/h5-10,21-22H,1-4H3. The summed E-state index contributed by atoms with van der Waals surface area (Å²) in [4.78, 5) is 3.76. The molecular formula is C16H20N4O2. The van der Waals surface area contributed by atoms with Crippen molar-refractivity contribution in [2.75, 3.05) is 38.0 Å². The van der Waals surface area contributed by atoms with Gasteiger partial charge in [-0.15, -0.1) is 10.2 Å². The molecule has 0 aliphatic carbocycles. The Morgan fingerprint density at radius 3 is 1.32 bits per heavy atom. The molecule has 2 N–H and O–H groups in total. The molecule has 116 valence electrons. The van der Waals surface area contributed by atoms with E-state index in [1.165, 1.54) is 0 Å². The van der Waals surface area contributed by atoms with Gasteiger partial charge >= 0.3 is 0 Å². The first-order valence-corrected chi connectivity index (χ1v) is 6.81. The third-order valence-corrected chi connectivity index (χ3v) is 3.22. The van der Waals surface area contributed by atoms with Gasteiger partial charge in [-0.25, -0.2) is 0 Å². The summed E-state index contributed by atoms with van der Waals surface area (Å²) < 4.78 is 0. The molecule has 0 unspecified atom stereocenters. The predicted octanol–water partition coefficient (Wildman–Crippen LogP) is 3.65. The summed E-state index contributed by atoms with van der Waals surface area (Å²) in [5, 5.41) is 27.9. The third kappa shape index (κ3) is 3.46. The molecular weight excluding hydrogens is 280 g/mol. The summed E-state index contributed by atoms with van der Waals surface area (Å²) in [5.41, 5.74) is 2.44. The molecule has 0 heterocycles. The lowest BCUT2D eigenvalue weighted by Crippen LogP contribution is -2.07. The first-order valence-electron chi connectivity index (χ1n) is 6.81. The second kappa shape index (κ2) is 6.34. The fraction of sp³-hybridized carbons (Fsp3) is 0.250. The van der Waals surface area contributed by atoms with E-state index in [2.05, 4.69) is 10.2 Å². The Balaban J connectivity index is 2.25. The minimum atomic E-state index is 0.0411. The van der Waals surface area contributed by atoms with E-state index in [4.69, 9.17) is 0 Å². The van der Waals surface area contributed by atoms with Crippen LogP contribution in [0.4, 0.5) is 22.7 Å². The lowest BCUT2D eigenvalue weighted by molar-refractivity contribution is 0.474. The van der Waals surface area contributed by atoms with Crippen LogP contribution in [0.3, 0.4) is 0 Å². The van der Waals surface area contributed by atoms with Gasteiger partial charge in [0.05, 0.1) is 0 Å². The average Bonchev–Trinajstić information content (AvgIpc) is 2.46. The van der Waals surface area contributed by atoms with Gasteiger partial charge in [0.25, 0.3) is 0 Å². The minimum absolute atomic E-state index is 0.0411. The fourth-order valence-corrected chi connectivity index (χ4v) is 1.86. The first-order chi connectivity index (χ1) is 10.4. The molecule has 6 nitrogen and oxygen atoms in total. The maximum Gasteiger partial charge on any atom is 0.145 e. The van der Waals surface area contributed by atoms with Gasteiger partial charge < -0.3 is 20.0 Å². The van der Waals surface area contributed by atoms with Crippen molar-refractivity contribution in [3.63, 3.8) is 0 Å². The van der Waals surface area contributed by atoms with Crippen molar-refractivity contribution in [3.8, 4) is 11.5 Å². The Morgan fingerprint density at radius 1 is 0.682 bits per heavy atom. The van der Waals surface area contributed by atoms with Crippen molar-refractivity contribution in [1.82, 2.24) is 0 Å². The molecule has 6 heteroatoms. The quantitative estimate of drug-likeness (QED) is 0.846. The molecule has 0 atom stereocenters. The lowest BCUT2D eigenvalue weighted by atomic mass is 10.2. The Hall–Kier alpha value is -2.76. The van der Waals surface area contributed by atoms with Gasteiger partial charge in [-0.2, -0.15) is 0 Å². The highest BCUT2D eigenvalue weighted by atomic mass is 16.3. The summed E-state index contributed by atoms with van der Waals surface area (Å²) in [6.45, 7) is 0. The molecule has 0 aromatic heterocycles. The topological polar surface area (TPSA) is 71.7 Å². The number of nitrogens with zero attached hydrogens (tertiary/aromatic N) is 4. The summed E-state index contributed by atoms with van der Waals surface area (Å²) in [5.74, 6) is 0.0821. The molecule has 22 heavy (non-hydrogen) atoms. The van der Waals surface area contributed by atoms with E-state index < -0.39 is 0 Å². The molecule has 0 bridgehead atoms. The third-order valence-electron chi connectivity index (χ3n) is 3.22. The molecule has 0 radical (unpaired) electrons. The highest BCUT2D eigenvalue weighted by Gasteiger charge is 2.05. The van der Waals surface area contributed by atoms with Gasteiger partial charge in [-0.3, -0.25) is 0 Å². The number of phenolic OH excluding ortho intramolecular Hbond substituents is 2. The highest BCUT2D eigenvalue weighted by Crippen LogP contribution is 2.35. The summed E-state index contributed by atoms with van der Waals surface area (Å²) in [6.07, 6.45) is 0. The molecule has 2 aromatic rings.